The van der Waals surface area contributed by atoms with Gasteiger partial charge in [0.2, 0.25) is 0 Å². The Morgan fingerprint density at radius 3 is 1.92 bits per heavy atom. The lowest BCUT2D eigenvalue weighted by atomic mass is 10.0. The highest BCUT2D eigenvalue weighted by Gasteiger charge is 2.40. The van der Waals surface area contributed by atoms with Crippen molar-refractivity contribution in [1.29, 1.82) is 0 Å². The predicted octanol–water partition coefficient (Wildman–Crippen LogP) is 2.90. The van der Waals surface area contributed by atoms with Crippen LogP contribution < -0.4 is 0 Å². The Morgan fingerprint density at radius 2 is 1.31 bits per heavy atom. The average Bonchev–Trinajstić information content (AvgIpc) is 3.16. The first kappa shape index (κ1) is 16.9. The number of hydrogen-bond donors (Lipinski definition) is 0. The fraction of sp³-hybridized carbons (Fsp3) is 0.333. The summed E-state index contributed by atoms with van der Waals surface area (Å²) >= 11 is 0. The second-order valence-electron chi connectivity index (χ2n) is 6.67. The van der Waals surface area contributed by atoms with Crippen molar-refractivity contribution < 1.29 is 19.1 Å². The molecule has 5 heteroatoms. The number of rotatable bonds is 3. The summed E-state index contributed by atoms with van der Waals surface area (Å²) in [4.78, 5) is 27.0. The van der Waals surface area contributed by atoms with Gasteiger partial charge >= 0.3 is 0 Å². The molecule has 0 atom stereocenters. The van der Waals surface area contributed by atoms with Gasteiger partial charge in [-0.1, -0.05) is 42.5 Å². The molecule has 0 saturated carbocycles. The molecule has 2 saturated heterocycles. The number of amides is 1. The van der Waals surface area contributed by atoms with Gasteiger partial charge in [-0.2, -0.15) is 0 Å². The molecule has 2 aromatic carbocycles. The Morgan fingerprint density at radius 1 is 0.769 bits per heavy atom. The van der Waals surface area contributed by atoms with Crippen LogP contribution in [0.1, 0.15) is 39.1 Å². The molecule has 2 heterocycles. The van der Waals surface area contributed by atoms with Crippen LogP contribution in [0.3, 0.4) is 0 Å². The number of ether oxygens (including phenoxy) is 2. The minimum atomic E-state index is -0.483. The van der Waals surface area contributed by atoms with Crippen LogP contribution in [-0.2, 0) is 9.47 Å². The van der Waals surface area contributed by atoms with Crippen LogP contribution >= 0.6 is 0 Å². The number of piperidine rings is 1. The smallest absolute Gasteiger partial charge is 0.253 e. The largest absolute Gasteiger partial charge is 0.347 e. The zero-order valence-corrected chi connectivity index (χ0v) is 14.5. The molecule has 1 spiro atoms. The zero-order valence-electron chi connectivity index (χ0n) is 14.5. The lowest BCUT2D eigenvalue weighted by molar-refractivity contribution is -0.181. The highest BCUT2D eigenvalue weighted by molar-refractivity contribution is 6.09. The molecule has 2 fully saturated rings. The summed E-state index contributed by atoms with van der Waals surface area (Å²) in [7, 11) is 0. The van der Waals surface area contributed by atoms with Gasteiger partial charge in [0.25, 0.3) is 5.91 Å². The first-order chi connectivity index (χ1) is 12.7. The van der Waals surface area contributed by atoms with Crippen molar-refractivity contribution in [3.63, 3.8) is 0 Å². The van der Waals surface area contributed by atoms with E-state index in [4.69, 9.17) is 9.47 Å². The van der Waals surface area contributed by atoms with E-state index in [-0.39, 0.29) is 11.7 Å². The van der Waals surface area contributed by atoms with Gasteiger partial charge in [-0.15, -0.1) is 0 Å². The van der Waals surface area contributed by atoms with Gasteiger partial charge in [-0.25, -0.2) is 0 Å². The third-order valence-electron chi connectivity index (χ3n) is 5.06. The second kappa shape index (κ2) is 7.02. The molecule has 26 heavy (non-hydrogen) atoms. The third kappa shape index (κ3) is 3.28. The van der Waals surface area contributed by atoms with Crippen molar-refractivity contribution in [3.8, 4) is 0 Å². The van der Waals surface area contributed by atoms with E-state index in [1.807, 2.05) is 23.1 Å². The van der Waals surface area contributed by atoms with E-state index in [2.05, 4.69) is 0 Å². The Balaban J connectivity index is 1.42. The third-order valence-corrected chi connectivity index (χ3v) is 5.06. The lowest BCUT2D eigenvalue weighted by Crippen LogP contribution is -2.47. The molecular formula is C21H21NO4. The zero-order chi connectivity index (χ0) is 18.0. The maximum absolute atomic E-state index is 12.7. The number of nitrogens with zero attached hydrogens (tertiary/aromatic N) is 1. The van der Waals surface area contributed by atoms with E-state index in [9.17, 15) is 9.59 Å². The highest BCUT2D eigenvalue weighted by atomic mass is 16.7. The number of hydrogen-bond acceptors (Lipinski definition) is 4. The summed E-state index contributed by atoms with van der Waals surface area (Å²) in [6, 6.07) is 16.0. The number of carbonyl (C=O) groups excluding carboxylic acids is 2. The number of ketones is 1. The molecule has 0 aliphatic carbocycles. The molecule has 2 aromatic rings. The molecule has 4 rings (SSSR count). The van der Waals surface area contributed by atoms with Crippen molar-refractivity contribution in [1.82, 2.24) is 4.90 Å². The average molecular weight is 351 g/mol. The van der Waals surface area contributed by atoms with E-state index in [0.717, 1.165) is 0 Å². The fourth-order valence-electron chi connectivity index (χ4n) is 3.54. The van der Waals surface area contributed by atoms with Gasteiger partial charge < -0.3 is 14.4 Å². The minimum Gasteiger partial charge on any atom is -0.347 e. The van der Waals surface area contributed by atoms with Crippen molar-refractivity contribution >= 4 is 11.7 Å². The lowest BCUT2D eigenvalue weighted by Gasteiger charge is -2.37. The van der Waals surface area contributed by atoms with Crippen LogP contribution in [0.15, 0.2) is 54.6 Å². The van der Waals surface area contributed by atoms with Crippen LogP contribution in [0, 0.1) is 0 Å². The molecule has 1 amide bonds. The van der Waals surface area contributed by atoms with E-state index in [1.165, 1.54) is 0 Å². The van der Waals surface area contributed by atoms with Crippen LogP contribution in [0.4, 0.5) is 0 Å². The molecule has 0 radical (unpaired) electrons. The van der Waals surface area contributed by atoms with Crippen LogP contribution in [-0.4, -0.2) is 48.7 Å². The molecule has 2 aliphatic rings. The normalized spacial score (nSPS) is 18.8. The standard InChI is InChI=1S/C21H21NO4/c23-19(16-4-2-1-3-5-16)17-6-8-18(9-7-17)20(24)22-12-10-21(11-13-22)25-14-15-26-21/h1-9H,10-15H2. The summed E-state index contributed by atoms with van der Waals surface area (Å²) < 4.78 is 11.4. The Labute approximate surface area is 152 Å². The monoisotopic (exact) mass is 351 g/mol. The Kier molecular flexibility index (Phi) is 4.57. The first-order valence-corrected chi connectivity index (χ1v) is 8.94. The van der Waals surface area contributed by atoms with Gasteiger partial charge in [0.05, 0.1) is 13.2 Å². The van der Waals surface area contributed by atoms with Crippen molar-refractivity contribution in [2.24, 2.45) is 0 Å². The first-order valence-electron chi connectivity index (χ1n) is 8.94. The van der Waals surface area contributed by atoms with Gasteiger partial charge in [-0.05, 0) is 12.1 Å². The van der Waals surface area contributed by atoms with Crippen molar-refractivity contribution in [2.75, 3.05) is 26.3 Å². The van der Waals surface area contributed by atoms with Crippen LogP contribution in [0.5, 0.6) is 0 Å². The predicted molar refractivity (Wildman–Crippen MR) is 96.1 cm³/mol. The topological polar surface area (TPSA) is 55.8 Å². The summed E-state index contributed by atoms with van der Waals surface area (Å²) in [6.07, 6.45) is 1.40. The van der Waals surface area contributed by atoms with E-state index >= 15 is 0 Å². The van der Waals surface area contributed by atoms with Gasteiger partial charge in [0.1, 0.15) is 0 Å². The van der Waals surface area contributed by atoms with Gasteiger partial charge in [0, 0.05) is 42.6 Å². The number of benzene rings is 2. The molecule has 0 unspecified atom stereocenters. The molecule has 134 valence electrons. The molecule has 0 N–H and O–H groups in total. The van der Waals surface area contributed by atoms with Gasteiger partial charge in [-0.3, -0.25) is 9.59 Å². The maximum atomic E-state index is 12.7. The Bertz CT molecular complexity index is 785. The quantitative estimate of drug-likeness (QED) is 0.798. The van der Waals surface area contributed by atoms with E-state index in [0.29, 0.717) is 55.8 Å². The molecule has 0 bridgehead atoms. The molecular weight excluding hydrogens is 330 g/mol. The summed E-state index contributed by atoms with van der Waals surface area (Å²) in [5, 5.41) is 0. The minimum absolute atomic E-state index is 0.0171. The molecule has 5 nitrogen and oxygen atoms in total. The highest BCUT2D eigenvalue weighted by Crippen LogP contribution is 2.31. The number of likely N-dealkylation sites (tertiary alicyclic amines) is 1. The van der Waals surface area contributed by atoms with Crippen LogP contribution in [0.25, 0.3) is 0 Å². The molecule has 2 aliphatic heterocycles. The van der Waals surface area contributed by atoms with E-state index in [1.54, 1.807) is 36.4 Å². The number of carbonyl (C=O) groups is 2. The summed E-state index contributed by atoms with van der Waals surface area (Å²) in [5.41, 5.74) is 1.82. The maximum Gasteiger partial charge on any atom is 0.253 e. The molecule has 0 aromatic heterocycles. The second-order valence-corrected chi connectivity index (χ2v) is 6.67. The summed E-state index contributed by atoms with van der Waals surface area (Å²) in [6.45, 7) is 2.49. The SMILES string of the molecule is O=C(c1ccccc1)c1ccc(C(=O)N2CCC3(CC2)OCCO3)cc1. The van der Waals surface area contributed by atoms with Crippen LogP contribution in [0.2, 0.25) is 0 Å². The Hall–Kier alpha value is -2.50. The fourth-order valence-corrected chi connectivity index (χ4v) is 3.54. The van der Waals surface area contributed by atoms with Crippen molar-refractivity contribution in [2.45, 2.75) is 18.6 Å². The van der Waals surface area contributed by atoms with Crippen molar-refractivity contribution in [3.05, 3.63) is 71.3 Å². The van der Waals surface area contributed by atoms with E-state index < -0.39 is 5.79 Å². The van der Waals surface area contributed by atoms with Gasteiger partial charge in [0.15, 0.2) is 11.6 Å². The summed E-state index contributed by atoms with van der Waals surface area (Å²) in [5.74, 6) is -0.542.